The van der Waals surface area contributed by atoms with Crippen molar-refractivity contribution in [3.63, 3.8) is 0 Å². The van der Waals surface area contributed by atoms with Crippen LogP contribution in [0.4, 0.5) is 5.13 Å². The number of rotatable bonds is 6. The number of Topliss-reactive ketones (excluding diaryl/α,β-unsaturated/α-hetero) is 1. The smallest absolute Gasteiger partial charge is 0.250 e. The zero-order chi connectivity index (χ0) is 21.8. The number of carbonyl (C=O) groups excluding carboxylic acids is 2. The highest BCUT2D eigenvalue weighted by Gasteiger charge is 2.19. The Bertz CT molecular complexity index is 1140. The summed E-state index contributed by atoms with van der Waals surface area (Å²) >= 11 is 1.15. The molecule has 3 aromatic rings. The molecule has 8 heteroatoms. The van der Waals surface area contributed by atoms with Crippen LogP contribution in [0.5, 0.6) is 17.2 Å². The zero-order valence-electron chi connectivity index (χ0n) is 17.0. The number of nitrogens with zero attached hydrogens (tertiary/aromatic N) is 1. The van der Waals surface area contributed by atoms with Crippen LogP contribution in [0, 0.1) is 0 Å². The molecule has 0 radical (unpaired) electrons. The van der Waals surface area contributed by atoms with Crippen molar-refractivity contribution < 1.29 is 23.8 Å². The van der Waals surface area contributed by atoms with Crippen LogP contribution in [0.3, 0.4) is 0 Å². The van der Waals surface area contributed by atoms with E-state index < -0.39 is 0 Å². The minimum atomic E-state index is -0.364. The van der Waals surface area contributed by atoms with E-state index in [1.54, 1.807) is 25.3 Å². The summed E-state index contributed by atoms with van der Waals surface area (Å²) < 4.78 is 16.6. The summed E-state index contributed by atoms with van der Waals surface area (Å²) in [5.41, 5.74) is 2.11. The highest BCUT2D eigenvalue weighted by Crippen LogP contribution is 2.40. The van der Waals surface area contributed by atoms with E-state index in [0.29, 0.717) is 46.2 Å². The Morgan fingerprint density at radius 1 is 1.16 bits per heavy atom. The monoisotopic (exact) mass is 436 g/mol. The lowest BCUT2D eigenvalue weighted by molar-refractivity contribution is -0.111. The summed E-state index contributed by atoms with van der Waals surface area (Å²) in [6.07, 6.45) is 3.04. The number of ether oxygens (including phenoxy) is 3. The Kier molecular flexibility index (Phi) is 5.99. The maximum atomic E-state index is 12.5. The van der Waals surface area contributed by atoms with Crippen molar-refractivity contribution >= 4 is 34.2 Å². The predicted octanol–water partition coefficient (Wildman–Crippen LogP) is 4.44. The average Bonchev–Trinajstić information content (AvgIpc) is 3.22. The fourth-order valence-electron chi connectivity index (χ4n) is 3.11. The highest BCUT2D eigenvalue weighted by molar-refractivity contribution is 7.18. The van der Waals surface area contributed by atoms with Crippen LogP contribution < -0.4 is 19.5 Å². The van der Waals surface area contributed by atoms with Crippen molar-refractivity contribution in [1.82, 2.24) is 4.98 Å². The normalized spacial score (nSPS) is 12.6. The number of benzene rings is 2. The molecule has 1 amide bonds. The molecule has 0 fully saturated rings. The maximum Gasteiger partial charge on any atom is 0.250 e. The molecule has 2 aromatic carbocycles. The third-order valence-corrected chi connectivity index (χ3v) is 5.57. The number of hydrogen-bond acceptors (Lipinski definition) is 7. The second kappa shape index (κ2) is 9.01. The van der Waals surface area contributed by atoms with Gasteiger partial charge in [-0.2, -0.15) is 0 Å². The number of carbonyl (C=O) groups is 2. The Balaban J connectivity index is 1.53. The van der Waals surface area contributed by atoms with E-state index >= 15 is 0 Å². The van der Waals surface area contributed by atoms with Gasteiger partial charge in [-0.3, -0.25) is 14.9 Å². The van der Waals surface area contributed by atoms with Crippen LogP contribution in [0.2, 0.25) is 0 Å². The van der Waals surface area contributed by atoms with Gasteiger partial charge in [-0.25, -0.2) is 4.98 Å². The lowest BCUT2D eigenvalue weighted by Gasteiger charge is -2.20. The summed E-state index contributed by atoms with van der Waals surface area (Å²) in [4.78, 5) is 29.4. The van der Waals surface area contributed by atoms with Gasteiger partial charge in [0.2, 0.25) is 11.7 Å². The van der Waals surface area contributed by atoms with Gasteiger partial charge in [0.1, 0.15) is 13.2 Å². The van der Waals surface area contributed by atoms with Crippen LogP contribution >= 0.6 is 11.3 Å². The van der Waals surface area contributed by atoms with Crippen LogP contribution in [-0.4, -0.2) is 37.0 Å². The Hall–Kier alpha value is -3.65. The van der Waals surface area contributed by atoms with Gasteiger partial charge in [0.25, 0.3) is 0 Å². The Morgan fingerprint density at radius 2 is 1.94 bits per heavy atom. The van der Waals surface area contributed by atoms with E-state index in [4.69, 9.17) is 14.2 Å². The molecule has 158 valence electrons. The van der Waals surface area contributed by atoms with Gasteiger partial charge < -0.3 is 14.2 Å². The first-order valence-electron chi connectivity index (χ1n) is 9.59. The largest absolute Gasteiger partial charge is 0.493 e. The predicted molar refractivity (Wildman–Crippen MR) is 119 cm³/mol. The maximum absolute atomic E-state index is 12.5. The first kappa shape index (κ1) is 20.6. The van der Waals surface area contributed by atoms with Crippen molar-refractivity contribution in [2.24, 2.45) is 0 Å². The molecular weight excluding hydrogens is 416 g/mol. The molecule has 1 aliphatic heterocycles. The Labute approximate surface area is 183 Å². The molecule has 1 N–H and O–H groups in total. The number of fused-ring (bicyclic) bond motifs is 1. The van der Waals surface area contributed by atoms with Crippen molar-refractivity contribution in [3.05, 3.63) is 59.0 Å². The van der Waals surface area contributed by atoms with E-state index in [-0.39, 0.29) is 11.7 Å². The summed E-state index contributed by atoms with van der Waals surface area (Å²) in [5.74, 6) is 1.20. The minimum absolute atomic E-state index is 0.101. The van der Waals surface area contributed by atoms with Crippen molar-refractivity contribution in [2.75, 3.05) is 25.6 Å². The van der Waals surface area contributed by atoms with Crippen LogP contribution in [0.15, 0.2) is 48.5 Å². The molecule has 31 heavy (non-hydrogen) atoms. The van der Waals surface area contributed by atoms with Gasteiger partial charge in [-0.15, -0.1) is 0 Å². The van der Waals surface area contributed by atoms with Crippen LogP contribution in [-0.2, 0) is 4.79 Å². The third kappa shape index (κ3) is 4.59. The summed E-state index contributed by atoms with van der Waals surface area (Å²) in [6.45, 7) is 2.40. The number of aromatic nitrogens is 1. The van der Waals surface area contributed by atoms with Crippen molar-refractivity contribution in [3.8, 4) is 28.5 Å². The van der Waals surface area contributed by atoms with E-state index in [9.17, 15) is 9.59 Å². The molecule has 0 unspecified atom stereocenters. The number of hydrogen-bond donors (Lipinski definition) is 1. The molecular formula is C23H20N2O5S. The molecule has 0 saturated carbocycles. The van der Waals surface area contributed by atoms with Gasteiger partial charge >= 0.3 is 0 Å². The van der Waals surface area contributed by atoms with Gasteiger partial charge in [-0.05, 0) is 23.8 Å². The van der Waals surface area contributed by atoms with Gasteiger partial charge in [0.15, 0.2) is 22.4 Å². The Morgan fingerprint density at radius 3 is 2.68 bits per heavy atom. The standard InChI is InChI=1S/C23H20N2O5S/c1-14(26)22-20(16-6-4-3-5-7-16)25-23(31-22)24-19(27)9-8-15-12-17(28-2)21-18(13-15)29-10-11-30-21/h3-9,12-13H,10-11H2,1-2H3,(H,24,25,27)/b9-8+. The summed E-state index contributed by atoms with van der Waals surface area (Å²) in [7, 11) is 1.55. The first-order chi connectivity index (χ1) is 15.0. The molecule has 0 saturated heterocycles. The fourth-order valence-corrected chi connectivity index (χ4v) is 4.00. The quantitative estimate of drug-likeness (QED) is 0.454. The molecule has 4 rings (SSSR count). The molecule has 2 heterocycles. The number of nitrogens with one attached hydrogen (secondary N) is 1. The number of amides is 1. The second-order valence-electron chi connectivity index (χ2n) is 6.69. The van der Waals surface area contributed by atoms with Gasteiger partial charge in [0, 0.05) is 18.6 Å². The topological polar surface area (TPSA) is 86.8 Å². The third-order valence-electron chi connectivity index (χ3n) is 4.50. The molecule has 0 spiro atoms. The first-order valence-corrected chi connectivity index (χ1v) is 10.4. The number of ketones is 1. The molecule has 1 aromatic heterocycles. The zero-order valence-corrected chi connectivity index (χ0v) is 17.8. The van der Waals surface area contributed by atoms with E-state index in [1.165, 1.54) is 13.0 Å². The lowest BCUT2D eigenvalue weighted by Crippen LogP contribution is -2.16. The van der Waals surface area contributed by atoms with E-state index in [1.807, 2.05) is 30.3 Å². The second-order valence-corrected chi connectivity index (χ2v) is 7.69. The van der Waals surface area contributed by atoms with Crippen molar-refractivity contribution in [1.29, 1.82) is 0 Å². The lowest BCUT2D eigenvalue weighted by atomic mass is 10.1. The fraction of sp³-hybridized carbons (Fsp3) is 0.174. The van der Waals surface area contributed by atoms with Crippen LogP contribution in [0.25, 0.3) is 17.3 Å². The van der Waals surface area contributed by atoms with E-state index in [0.717, 1.165) is 22.5 Å². The summed E-state index contributed by atoms with van der Waals surface area (Å²) in [5, 5.41) is 3.09. The number of thiazole rings is 1. The van der Waals surface area contributed by atoms with Crippen LogP contribution in [0.1, 0.15) is 22.2 Å². The van der Waals surface area contributed by atoms with Gasteiger partial charge in [-0.1, -0.05) is 41.7 Å². The number of methoxy groups -OCH3 is 1. The van der Waals surface area contributed by atoms with Crippen molar-refractivity contribution in [2.45, 2.75) is 6.92 Å². The average molecular weight is 436 g/mol. The van der Waals surface area contributed by atoms with Gasteiger partial charge in [0.05, 0.1) is 17.7 Å². The SMILES string of the molecule is COc1cc(/C=C/C(=O)Nc2nc(-c3ccccc3)c(C(C)=O)s2)cc2c1OCCO2. The molecule has 0 aliphatic carbocycles. The van der Waals surface area contributed by atoms with E-state index in [2.05, 4.69) is 10.3 Å². The highest BCUT2D eigenvalue weighted by atomic mass is 32.1. The number of anilines is 1. The summed E-state index contributed by atoms with van der Waals surface area (Å²) in [6, 6.07) is 12.9. The molecule has 0 bridgehead atoms. The molecule has 0 atom stereocenters. The molecule has 7 nitrogen and oxygen atoms in total. The molecule has 1 aliphatic rings. The minimum Gasteiger partial charge on any atom is -0.493 e.